The monoisotopic (exact) mass is 517 g/mol. The highest BCUT2D eigenvalue weighted by Gasteiger charge is 2.09. The first-order valence-corrected chi connectivity index (χ1v) is 9.63. The average molecular weight is 518 g/mol. The number of aliphatic imine (C=N–C) groups is 1. The Morgan fingerprint density at radius 1 is 1.26 bits per heavy atom. The van der Waals surface area contributed by atoms with E-state index in [0.717, 1.165) is 31.0 Å². The summed E-state index contributed by atoms with van der Waals surface area (Å²) in [5, 5.41) is 13.2. The normalized spacial score (nSPS) is 11.1. The Kier molecular flexibility index (Phi) is 9.02. The number of thiophene rings is 1. The maximum Gasteiger partial charge on any atom is 0.248 e. The van der Waals surface area contributed by atoms with Gasteiger partial charge in [-0.3, -0.25) is 0 Å². The van der Waals surface area contributed by atoms with Crippen LogP contribution < -0.4 is 10.6 Å². The molecule has 27 heavy (non-hydrogen) atoms. The van der Waals surface area contributed by atoms with E-state index in [4.69, 9.17) is 16.1 Å². The fourth-order valence-corrected chi connectivity index (χ4v) is 3.21. The molecule has 9 heteroatoms. The van der Waals surface area contributed by atoms with Crippen LogP contribution in [0.25, 0.3) is 11.4 Å². The van der Waals surface area contributed by atoms with E-state index < -0.39 is 0 Å². The van der Waals surface area contributed by atoms with Gasteiger partial charge in [0.05, 0.1) is 0 Å². The highest BCUT2D eigenvalue weighted by atomic mass is 127. The summed E-state index contributed by atoms with van der Waals surface area (Å²) in [7, 11) is 0. The van der Waals surface area contributed by atoms with Crippen LogP contribution in [0.5, 0.6) is 0 Å². The van der Waals surface area contributed by atoms with Crippen molar-refractivity contribution in [3.8, 4) is 11.4 Å². The minimum atomic E-state index is 0. The third-order valence-electron chi connectivity index (χ3n) is 3.51. The summed E-state index contributed by atoms with van der Waals surface area (Å²) in [6, 6.07) is 11.5. The number of nitrogens with zero attached hydrogens (tertiary/aromatic N) is 3. The van der Waals surface area contributed by atoms with Gasteiger partial charge in [0.15, 0.2) is 5.96 Å². The predicted molar refractivity (Wildman–Crippen MR) is 121 cm³/mol. The van der Waals surface area contributed by atoms with Gasteiger partial charge in [0.2, 0.25) is 11.7 Å². The number of hydrogen-bond acceptors (Lipinski definition) is 5. The van der Waals surface area contributed by atoms with E-state index in [9.17, 15) is 0 Å². The van der Waals surface area contributed by atoms with E-state index in [0.29, 0.717) is 23.3 Å². The molecule has 0 aliphatic rings. The molecule has 2 aromatic heterocycles. The van der Waals surface area contributed by atoms with Crippen molar-refractivity contribution < 1.29 is 4.52 Å². The molecule has 144 valence electrons. The van der Waals surface area contributed by atoms with Crippen LogP contribution in [0, 0.1) is 0 Å². The molecular formula is C18H21ClIN5OS. The van der Waals surface area contributed by atoms with E-state index in [1.807, 2.05) is 19.1 Å². The van der Waals surface area contributed by atoms with Crippen molar-refractivity contribution >= 4 is 52.9 Å². The zero-order valence-electron chi connectivity index (χ0n) is 14.8. The number of hydrogen-bond donors (Lipinski definition) is 2. The van der Waals surface area contributed by atoms with Gasteiger partial charge in [-0.1, -0.05) is 35.0 Å². The van der Waals surface area contributed by atoms with Gasteiger partial charge < -0.3 is 15.2 Å². The largest absolute Gasteiger partial charge is 0.357 e. The van der Waals surface area contributed by atoms with Gasteiger partial charge in [-0.05, 0) is 36.9 Å². The first-order chi connectivity index (χ1) is 12.7. The van der Waals surface area contributed by atoms with Gasteiger partial charge >= 0.3 is 0 Å². The van der Waals surface area contributed by atoms with Crippen LogP contribution in [0.3, 0.4) is 0 Å². The number of rotatable bonds is 7. The molecule has 0 bridgehead atoms. The van der Waals surface area contributed by atoms with Crippen LogP contribution in [-0.4, -0.2) is 29.2 Å². The molecule has 0 amide bonds. The van der Waals surface area contributed by atoms with Crippen molar-refractivity contribution in [2.45, 2.75) is 19.9 Å². The standard InChI is InChI=1S/C18H20ClN5OS.HI/c1-2-20-18(21-9-8-15-7-4-10-26-15)22-12-16-23-17(24-25-16)13-5-3-6-14(19)11-13;/h3-7,10-11H,2,8-9,12H2,1H3,(H2,20,21,22);1H. The highest BCUT2D eigenvalue weighted by Crippen LogP contribution is 2.20. The summed E-state index contributed by atoms with van der Waals surface area (Å²) in [6.07, 6.45) is 0.960. The number of aromatic nitrogens is 2. The Morgan fingerprint density at radius 3 is 2.89 bits per heavy atom. The fraction of sp³-hybridized carbons (Fsp3) is 0.278. The van der Waals surface area contributed by atoms with Crippen LogP contribution >= 0.6 is 46.9 Å². The van der Waals surface area contributed by atoms with Crippen LogP contribution in [0.4, 0.5) is 0 Å². The predicted octanol–water partition coefficient (Wildman–Crippen LogP) is 4.37. The van der Waals surface area contributed by atoms with Crippen molar-refractivity contribution in [2.24, 2.45) is 4.99 Å². The Balaban J connectivity index is 0.00000261. The molecular weight excluding hydrogens is 497 g/mol. The van der Waals surface area contributed by atoms with Gasteiger partial charge in [-0.2, -0.15) is 4.98 Å². The van der Waals surface area contributed by atoms with Gasteiger partial charge in [0.25, 0.3) is 0 Å². The maximum atomic E-state index is 6.00. The first kappa shape index (κ1) is 21.6. The molecule has 3 rings (SSSR count). The van der Waals surface area contributed by atoms with Crippen molar-refractivity contribution in [3.63, 3.8) is 0 Å². The van der Waals surface area contributed by atoms with Gasteiger partial charge in [-0.25, -0.2) is 4.99 Å². The summed E-state index contributed by atoms with van der Waals surface area (Å²) in [5.41, 5.74) is 0.817. The SMILES string of the molecule is CCNC(=NCc1nc(-c2cccc(Cl)c2)no1)NCCc1cccs1.I. The molecule has 0 radical (unpaired) electrons. The molecule has 0 aliphatic heterocycles. The zero-order chi connectivity index (χ0) is 18.2. The van der Waals surface area contributed by atoms with Gasteiger partial charge in [-0.15, -0.1) is 35.3 Å². The fourth-order valence-electron chi connectivity index (χ4n) is 2.31. The molecule has 0 fully saturated rings. The quantitative estimate of drug-likeness (QED) is 0.277. The van der Waals surface area contributed by atoms with Crippen LogP contribution in [0.2, 0.25) is 5.02 Å². The van der Waals surface area contributed by atoms with E-state index in [-0.39, 0.29) is 24.0 Å². The third-order valence-corrected chi connectivity index (χ3v) is 4.68. The molecule has 0 unspecified atom stereocenters. The first-order valence-electron chi connectivity index (χ1n) is 8.37. The van der Waals surface area contributed by atoms with E-state index in [1.165, 1.54) is 4.88 Å². The van der Waals surface area contributed by atoms with Crippen molar-refractivity contribution in [3.05, 3.63) is 57.6 Å². The average Bonchev–Trinajstić information content (AvgIpc) is 3.31. The Labute approximate surface area is 184 Å². The van der Waals surface area contributed by atoms with Crippen molar-refractivity contribution in [2.75, 3.05) is 13.1 Å². The third kappa shape index (κ3) is 6.78. The minimum absolute atomic E-state index is 0. The second kappa shape index (κ2) is 11.3. The molecule has 0 atom stereocenters. The van der Waals surface area contributed by atoms with E-state index in [2.05, 4.69) is 43.3 Å². The van der Waals surface area contributed by atoms with Gasteiger partial charge in [0, 0.05) is 28.6 Å². The molecule has 0 spiro atoms. The summed E-state index contributed by atoms with van der Waals surface area (Å²) in [6.45, 7) is 3.93. The van der Waals surface area contributed by atoms with Crippen LogP contribution in [0.15, 0.2) is 51.3 Å². The molecule has 0 saturated carbocycles. The second-order valence-corrected chi connectivity index (χ2v) is 6.94. The van der Waals surface area contributed by atoms with Crippen LogP contribution in [-0.2, 0) is 13.0 Å². The van der Waals surface area contributed by atoms with Crippen LogP contribution in [0.1, 0.15) is 17.7 Å². The lowest BCUT2D eigenvalue weighted by atomic mass is 10.2. The zero-order valence-corrected chi connectivity index (χ0v) is 18.7. The molecule has 0 saturated heterocycles. The molecule has 3 aromatic rings. The molecule has 0 aliphatic carbocycles. The Morgan fingerprint density at radius 2 is 2.15 bits per heavy atom. The Bertz CT molecular complexity index is 853. The van der Waals surface area contributed by atoms with E-state index >= 15 is 0 Å². The molecule has 1 aromatic carbocycles. The number of guanidine groups is 1. The lowest BCUT2D eigenvalue weighted by Crippen LogP contribution is -2.38. The summed E-state index contributed by atoms with van der Waals surface area (Å²) < 4.78 is 5.29. The topological polar surface area (TPSA) is 75.3 Å². The van der Waals surface area contributed by atoms with Crippen molar-refractivity contribution in [1.82, 2.24) is 20.8 Å². The summed E-state index contributed by atoms with van der Waals surface area (Å²) in [4.78, 5) is 10.2. The summed E-state index contributed by atoms with van der Waals surface area (Å²) in [5.74, 6) is 1.69. The highest BCUT2D eigenvalue weighted by molar-refractivity contribution is 14.0. The number of benzene rings is 1. The summed E-state index contributed by atoms with van der Waals surface area (Å²) >= 11 is 7.76. The second-order valence-electron chi connectivity index (χ2n) is 5.47. The number of nitrogens with one attached hydrogen (secondary N) is 2. The smallest absolute Gasteiger partial charge is 0.248 e. The molecule has 6 nitrogen and oxygen atoms in total. The molecule has 2 N–H and O–H groups in total. The lowest BCUT2D eigenvalue weighted by molar-refractivity contribution is 0.380. The molecule has 2 heterocycles. The van der Waals surface area contributed by atoms with E-state index in [1.54, 1.807) is 23.5 Å². The van der Waals surface area contributed by atoms with Gasteiger partial charge in [0.1, 0.15) is 6.54 Å². The minimum Gasteiger partial charge on any atom is -0.357 e. The maximum absolute atomic E-state index is 6.00. The number of halogens is 2. The van der Waals surface area contributed by atoms with Crippen molar-refractivity contribution in [1.29, 1.82) is 0 Å². The Hall–Kier alpha value is -1.65. The lowest BCUT2D eigenvalue weighted by Gasteiger charge is -2.10.